The van der Waals surface area contributed by atoms with Crippen LogP contribution in [0.25, 0.3) is 0 Å². The molecule has 0 aliphatic rings. The second kappa shape index (κ2) is 9.83. The Morgan fingerprint density at radius 3 is 1.93 bits per heavy atom. The van der Waals surface area contributed by atoms with Gasteiger partial charge < -0.3 is 14.8 Å². The summed E-state index contributed by atoms with van der Waals surface area (Å²) >= 11 is 3.23. The Balaban J connectivity index is 2.21. The molecule has 0 saturated carbocycles. The number of nitrogens with zero attached hydrogens (tertiary/aromatic N) is 1. The van der Waals surface area contributed by atoms with Gasteiger partial charge in [0, 0.05) is 17.2 Å². The SMILES string of the molecule is COC(=O)c1cc(NC(=O)CN(C)S(=O)(=O)c2ccc(Br)cc2)cc(C(=O)OC)c1. The zero-order valence-electron chi connectivity index (χ0n) is 16.3. The molecule has 0 fully saturated rings. The molecular formula is C19H19BrN2O7S. The van der Waals surface area contributed by atoms with E-state index in [-0.39, 0.29) is 21.7 Å². The van der Waals surface area contributed by atoms with Gasteiger partial charge in [0.05, 0.1) is 36.8 Å². The van der Waals surface area contributed by atoms with Crippen molar-refractivity contribution in [1.29, 1.82) is 0 Å². The van der Waals surface area contributed by atoms with Crippen LogP contribution in [0, 0.1) is 0 Å². The number of carbonyl (C=O) groups is 3. The molecule has 2 rings (SSSR count). The molecule has 1 amide bonds. The number of ether oxygens (including phenoxy) is 2. The zero-order chi connectivity index (χ0) is 22.5. The lowest BCUT2D eigenvalue weighted by Crippen LogP contribution is -2.35. The monoisotopic (exact) mass is 498 g/mol. The largest absolute Gasteiger partial charge is 0.465 e. The van der Waals surface area contributed by atoms with E-state index >= 15 is 0 Å². The van der Waals surface area contributed by atoms with Gasteiger partial charge in [0.2, 0.25) is 15.9 Å². The third-order valence-corrected chi connectivity index (χ3v) is 6.29. The van der Waals surface area contributed by atoms with Crippen LogP contribution in [0.5, 0.6) is 0 Å². The number of esters is 2. The van der Waals surface area contributed by atoms with Crippen molar-refractivity contribution in [2.45, 2.75) is 4.90 Å². The Morgan fingerprint density at radius 2 is 1.47 bits per heavy atom. The number of carbonyl (C=O) groups excluding carboxylic acids is 3. The fourth-order valence-corrected chi connectivity index (χ4v) is 3.84. The smallest absolute Gasteiger partial charge is 0.337 e. The maximum atomic E-state index is 12.6. The summed E-state index contributed by atoms with van der Waals surface area (Å²) in [7, 11) is -0.277. The van der Waals surface area contributed by atoms with Gasteiger partial charge in [-0.15, -0.1) is 0 Å². The first-order valence-electron chi connectivity index (χ1n) is 8.42. The number of rotatable bonds is 7. The Bertz CT molecular complexity index is 1030. The van der Waals surface area contributed by atoms with E-state index in [0.29, 0.717) is 4.47 Å². The van der Waals surface area contributed by atoms with Crippen LogP contribution in [0.4, 0.5) is 5.69 Å². The van der Waals surface area contributed by atoms with Crippen molar-refractivity contribution < 1.29 is 32.3 Å². The van der Waals surface area contributed by atoms with Gasteiger partial charge in [-0.3, -0.25) is 4.79 Å². The van der Waals surface area contributed by atoms with Crippen molar-refractivity contribution in [3.63, 3.8) is 0 Å². The molecule has 2 aromatic carbocycles. The standard InChI is InChI=1S/C19H19BrN2O7S/c1-22(30(26,27)16-6-4-14(20)5-7-16)11-17(23)21-15-9-12(18(24)28-2)8-13(10-15)19(25)29-3/h4-10H,11H2,1-3H3,(H,21,23). The Morgan fingerprint density at radius 1 is 0.967 bits per heavy atom. The lowest BCUT2D eigenvalue weighted by molar-refractivity contribution is -0.116. The topological polar surface area (TPSA) is 119 Å². The summed E-state index contributed by atoms with van der Waals surface area (Å²) < 4.78 is 36.1. The molecule has 0 aliphatic heterocycles. The fourth-order valence-electron chi connectivity index (χ4n) is 2.45. The first-order chi connectivity index (χ1) is 14.1. The van der Waals surface area contributed by atoms with Crippen LogP contribution < -0.4 is 5.32 Å². The first-order valence-corrected chi connectivity index (χ1v) is 10.6. The summed E-state index contributed by atoms with van der Waals surface area (Å²) in [6.45, 7) is -0.492. The number of hydrogen-bond donors (Lipinski definition) is 1. The summed E-state index contributed by atoms with van der Waals surface area (Å²) in [5.74, 6) is -2.10. The molecule has 0 heterocycles. The van der Waals surface area contributed by atoms with Gasteiger partial charge in [-0.2, -0.15) is 4.31 Å². The summed E-state index contributed by atoms with van der Waals surface area (Å²) in [6, 6.07) is 9.85. The third kappa shape index (κ3) is 5.65. The number of sulfonamides is 1. The van der Waals surface area contributed by atoms with Gasteiger partial charge in [0.25, 0.3) is 0 Å². The Kier molecular flexibility index (Phi) is 7.71. The van der Waals surface area contributed by atoms with Crippen molar-refractivity contribution in [3.8, 4) is 0 Å². The minimum Gasteiger partial charge on any atom is -0.465 e. The quantitative estimate of drug-likeness (QED) is 0.581. The van der Waals surface area contributed by atoms with E-state index in [1.807, 2.05) is 0 Å². The molecule has 0 radical (unpaired) electrons. The van der Waals surface area contributed by atoms with Crippen LogP contribution in [0.3, 0.4) is 0 Å². The second-order valence-corrected chi connectivity index (χ2v) is 9.01. The van der Waals surface area contributed by atoms with Gasteiger partial charge in [0.1, 0.15) is 0 Å². The predicted molar refractivity (Wildman–Crippen MR) is 112 cm³/mol. The fraction of sp³-hybridized carbons (Fsp3) is 0.211. The highest BCUT2D eigenvalue weighted by atomic mass is 79.9. The molecule has 0 aliphatic carbocycles. The zero-order valence-corrected chi connectivity index (χ0v) is 18.7. The summed E-state index contributed by atoms with van der Waals surface area (Å²) in [5, 5.41) is 2.48. The average molecular weight is 499 g/mol. The number of amides is 1. The summed E-state index contributed by atoms with van der Waals surface area (Å²) in [4.78, 5) is 36.1. The molecule has 0 aromatic heterocycles. The lowest BCUT2D eigenvalue weighted by atomic mass is 10.1. The van der Waals surface area contributed by atoms with Crippen molar-refractivity contribution >= 4 is 49.5 Å². The summed E-state index contributed by atoms with van der Waals surface area (Å²) in [6.07, 6.45) is 0. The molecule has 11 heteroatoms. The number of anilines is 1. The average Bonchev–Trinajstić information content (AvgIpc) is 2.72. The van der Waals surface area contributed by atoms with Gasteiger partial charge in [0.15, 0.2) is 0 Å². The van der Waals surface area contributed by atoms with Gasteiger partial charge in [-0.25, -0.2) is 18.0 Å². The Hall–Kier alpha value is -2.76. The molecule has 1 N–H and O–H groups in total. The minimum absolute atomic E-state index is 0.0199. The van der Waals surface area contributed by atoms with Crippen LogP contribution in [0.15, 0.2) is 51.8 Å². The molecule has 0 spiro atoms. The van der Waals surface area contributed by atoms with Gasteiger partial charge in [-0.1, -0.05) is 15.9 Å². The highest BCUT2D eigenvalue weighted by Gasteiger charge is 2.23. The molecule has 160 valence electrons. The van der Waals surface area contributed by atoms with E-state index in [0.717, 1.165) is 4.31 Å². The highest BCUT2D eigenvalue weighted by molar-refractivity contribution is 9.10. The number of nitrogens with one attached hydrogen (secondary N) is 1. The van der Waals surface area contributed by atoms with Crippen LogP contribution >= 0.6 is 15.9 Å². The highest BCUT2D eigenvalue weighted by Crippen LogP contribution is 2.19. The third-order valence-electron chi connectivity index (χ3n) is 3.95. The number of methoxy groups -OCH3 is 2. The molecular weight excluding hydrogens is 480 g/mol. The van der Waals surface area contributed by atoms with E-state index in [4.69, 9.17) is 0 Å². The normalized spacial score (nSPS) is 11.1. The van der Waals surface area contributed by atoms with E-state index in [9.17, 15) is 22.8 Å². The molecule has 30 heavy (non-hydrogen) atoms. The molecule has 0 saturated heterocycles. The molecule has 2 aromatic rings. The van der Waals surface area contributed by atoms with Gasteiger partial charge in [-0.05, 0) is 42.5 Å². The van der Waals surface area contributed by atoms with E-state index in [2.05, 4.69) is 30.7 Å². The van der Waals surface area contributed by atoms with Gasteiger partial charge >= 0.3 is 11.9 Å². The first kappa shape index (κ1) is 23.5. The lowest BCUT2D eigenvalue weighted by Gasteiger charge is -2.17. The van der Waals surface area contributed by atoms with E-state index in [1.165, 1.54) is 51.6 Å². The molecule has 9 nitrogen and oxygen atoms in total. The van der Waals surface area contributed by atoms with Crippen molar-refractivity contribution in [1.82, 2.24) is 4.31 Å². The number of benzene rings is 2. The van der Waals surface area contributed by atoms with E-state index in [1.54, 1.807) is 12.1 Å². The Labute approximate surface area is 182 Å². The number of hydrogen-bond acceptors (Lipinski definition) is 7. The van der Waals surface area contributed by atoms with Crippen molar-refractivity contribution in [2.24, 2.45) is 0 Å². The van der Waals surface area contributed by atoms with Crippen molar-refractivity contribution in [2.75, 3.05) is 33.1 Å². The second-order valence-electron chi connectivity index (χ2n) is 6.05. The minimum atomic E-state index is -3.89. The molecule has 0 atom stereocenters. The maximum absolute atomic E-state index is 12.6. The van der Waals surface area contributed by atoms with Crippen LogP contribution in [-0.2, 0) is 24.3 Å². The van der Waals surface area contributed by atoms with E-state index < -0.39 is 34.4 Å². The van der Waals surface area contributed by atoms with Crippen LogP contribution in [0.2, 0.25) is 0 Å². The van der Waals surface area contributed by atoms with Crippen LogP contribution in [0.1, 0.15) is 20.7 Å². The van der Waals surface area contributed by atoms with Crippen LogP contribution in [-0.4, -0.2) is 58.4 Å². The number of likely N-dealkylation sites (N-methyl/N-ethyl adjacent to an activating group) is 1. The number of halogens is 1. The predicted octanol–water partition coefficient (Wildman–Crippen LogP) is 2.28. The maximum Gasteiger partial charge on any atom is 0.337 e. The molecule has 0 unspecified atom stereocenters. The molecule has 0 bridgehead atoms. The summed E-state index contributed by atoms with van der Waals surface area (Å²) in [5.41, 5.74) is 0.149. The van der Waals surface area contributed by atoms with Crippen molar-refractivity contribution in [3.05, 3.63) is 58.1 Å².